The van der Waals surface area contributed by atoms with Gasteiger partial charge in [-0.2, -0.15) is 5.10 Å². The van der Waals surface area contributed by atoms with Crippen LogP contribution in [-0.2, 0) is 6.54 Å². The van der Waals surface area contributed by atoms with Crippen LogP contribution in [0.3, 0.4) is 0 Å². The zero-order valence-corrected chi connectivity index (χ0v) is 15.3. The first-order valence-electron chi connectivity index (χ1n) is 9.63. The lowest BCUT2D eigenvalue weighted by Crippen LogP contribution is -2.46. The van der Waals surface area contributed by atoms with Crippen LogP contribution in [0.4, 0.5) is 9.18 Å². The van der Waals surface area contributed by atoms with Crippen molar-refractivity contribution in [1.82, 2.24) is 20.4 Å². The average molecular weight is 372 g/mol. The van der Waals surface area contributed by atoms with Crippen LogP contribution < -0.4 is 10.1 Å². The molecule has 1 aliphatic heterocycles. The molecule has 2 aliphatic rings. The van der Waals surface area contributed by atoms with E-state index in [9.17, 15) is 9.18 Å². The molecule has 0 spiro atoms. The van der Waals surface area contributed by atoms with Gasteiger partial charge in [0, 0.05) is 24.9 Å². The number of nitrogens with one attached hydrogen (secondary N) is 2. The number of ether oxygens (including phenoxy) is 1. The van der Waals surface area contributed by atoms with E-state index in [2.05, 4.69) is 15.5 Å². The highest BCUT2D eigenvalue weighted by molar-refractivity contribution is 5.74. The number of para-hydroxylation sites is 1. The molecule has 2 aromatic rings. The third kappa shape index (κ3) is 4.59. The van der Waals surface area contributed by atoms with E-state index in [1.807, 2.05) is 11.0 Å². The number of aromatic amines is 1. The molecule has 6 nitrogen and oxygen atoms in total. The minimum absolute atomic E-state index is 0.0758. The van der Waals surface area contributed by atoms with Gasteiger partial charge in [0.15, 0.2) is 11.6 Å². The van der Waals surface area contributed by atoms with E-state index in [0.29, 0.717) is 25.6 Å². The molecule has 27 heavy (non-hydrogen) atoms. The molecule has 1 aliphatic carbocycles. The highest BCUT2D eigenvalue weighted by Gasteiger charge is 2.27. The maximum atomic E-state index is 13.7. The Morgan fingerprint density at radius 1 is 1.33 bits per heavy atom. The number of carbonyl (C=O) groups is 1. The van der Waals surface area contributed by atoms with Gasteiger partial charge in [-0.3, -0.25) is 5.10 Å². The fraction of sp³-hybridized carbons (Fsp3) is 0.500. The number of hydrogen-bond acceptors (Lipinski definition) is 3. The van der Waals surface area contributed by atoms with E-state index in [1.165, 1.54) is 18.9 Å². The number of piperidine rings is 1. The lowest BCUT2D eigenvalue weighted by atomic mass is 9.99. The van der Waals surface area contributed by atoms with Crippen LogP contribution in [0.1, 0.15) is 43.0 Å². The zero-order chi connectivity index (χ0) is 18.6. The van der Waals surface area contributed by atoms with Gasteiger partial charge in [-0.1, -0.05) is 12.1 Å². The van der Waals surface area contributed by atoms with Gasteiger partial charge in [-0.25, -0.2) is 9.18 Å². The Balaban J connectivity index is 1.24. The predicted molar refractivity (Wildman–Crippen MR) is 99.0 cm³/mol. The highest BCUT2D eigenvalue weighted by atomic mass is 19.1. The Hall–Kier alpha value is -2.57. The van der Waals surface area contributed by atoms with Crippen molar-refractivity contribution in [1.29, 1.82) is 0 Å². The topological polar surface area (TPSA) is 70.2 Å². The second-order valence-electron chi connectivity index (χ2n) is 7.45. The van der Waals surface area contributed by atoms with E-state index in [0.717, 1.165) is 30.8 Å². The van der Waals surface area contributed by atoms with Crippen molar-refractivity contribution in [2.45, 2.75) is 38.1 Å². The normalized spacial score (nSPS) is 19.7. The van der Waals surface area contributed by atoms with Gasteiger partial charge in [0.2, 0.25) is 0 Å². The van der Waals surface area contributed by atoms with Crippen LogP contribution in [-0.4, -0.2) is 40.8 Å². The molecule has 2 amide bonds. The number of amides is 2. The second kappa shape index (κ2) is 7.98. The number of benzene rings is 1. The van der Waals surface area contributed by atoms with Crippen molar-refractivity contribution in [3.63, 3.8) is 0 Å². The third-order valence-electron chi connectivity index (χ3n) is 5.19. The Morgan fingerprint density at radius 2 is 2.19 bits per heavy atom. The Kier molecular flexibility index (Phi) is 5.27. The first-order valence-corrected chi connectivity index (χ1v) is 9.63. The number of H-pyrrole nitrogens is 1. The molecule has 1 aromatic heterocycles. The quantitative estimate of drug-likeness (QED) is 0.816. The lowest BCUT2D eigenvalue weighted by molar-refractivity contribution is 0.135. The van der Waals surface area contributed by atoms with Crippen molar-refractivity contribution < 1.29 is 13.9 Å². The summed E-state index contributed by atoms with van der Waals surface area (Å²) in [4.78, 5) is 14.3. The molecule has 1 atom stereocenters. The fourth-order valence-corrected chi connectivity index (χ4v) is 3.50. The molecule has 1 aromatic carbocycles. The molecule has 1 saturated heterocycles. The van der Waals surface area contributed by atoms with Crippen LogP contribution in [0.25, 0.3) is 0 Å². The molecule has 0 radical (unpaired) electrons. The van der Waals surface area contributed by atoms with Crippen LogP contribution >= 0.6 is 0 Å². The van der Waals surface area contributed by atoms with Crippen molar-refractivity contribution in [3.05, 3.63) is 47.5 Å². The molecule has 0 unspecified atom stereocenters. The van der Waals surface area contributed by atoms with Crippen molar-refractivity contribution in [3.8, 4) is 5.75 Å². The number of aromatic nitrogens is 2. The Bertz CT molecular complexity index is 790. The molecule has 7 heteroatoms. The van der Waals surface area contributed by atoms with Gasteiger partial charge in [-0.15, -0.1) is 0 Å². The first-order chi connectivity index (χ1) is 13.2. The molecule has 2 heterocycles. The third-order valence-corrected chi connectivity index (χ3v) is 5.19. The lowest BCUT2D eigenvalue weighted by Gasteiger charge is -2.32. The van der Waals surface area contributed by atoms with Crippen LogP contribution in [0.15, 0.2) is 30.3 Å². The minimum atomic E-state index is -0.354. The number of rotatable bonds is 6. The largest absolute Gasteiger partial charge is 0.490 e. The summed E-state index contributed by atoms with van der Waals surface area (Å²) in [6.45, 7) is 2.22. The van der Waals surface area contributed by atoms with E-state index >= 15 is 0 Å². The SMILES string of the molecule is O=C(NCc1cc(C2CC2)n[nH]1)N1CCC[C@H](COc2ccccc2F)C1. The standard InChI is InChI=1S/C20H25FN4O2/c21-17-5-1-2-6-19(17)27-13-14-4-3-9-25(12-14)20(26)22-11-16-10-18(24-23-16)15-7-8-15/h1-2,5-6,10,14-15H,3-4,7-9,11-13H2,(H,22,26)(H,23,24)/t14-/m0/s1. The summed E-state index contributed by atoms with van der Waals surface area (Å²) in [5.74, 6) is 0.721. The van der Waals surface area contributed by atoms with Crippen LogP contribution in [0.5, 0.6) is 5.75 Å². The zero-order valence-electron chi connectivity index (χ0n) is 15.3. The monoisotopic (exact) mass is 372 g/mol. The second-order valence-corrected chi connectivity index (χ2v) is 7.45. The summed E-state index contributed by atoms with van der Waals surface area (Å²) in [6, 6.07) is 8.38. The maximum Gasteiger partial charge on any atom is 0.317 e. The van der Waals surface area contributed by atoms with E-state index in [-0.39, 0.29) is 23.5 Å². The van der Waals surface area contributed by atoms with Crippen molar-refractivity contribution in [2.75, 3.05) is 19.7 Å². The summed E-state index contributed by atoms with van der Waals surface area (Å²) >= 11 is 0. The number of nitrogens with zero attached hydrogens (tertiary/aromatic N) is 2. The molecular weight excluding hydrogens is 347 g/mol. The molecule has 2 N–H and O–H groups in total. The van der Waals surface area contributed by atoms with Gasteiger partial charge in [0.05, 0.1) is 24.5 Å². The molecule has 2 fully saturated rings. The predicted octanol–water partition coefficient (Wildman–Crippen LogP) is 3.43. The molecule has 1 saturated carbocycles. The highest BCUT2D eigenvalue weighted by Crippen LogP contribution is 2.38. The fourth-order valence-electron chi connectivity index (χ4n) is 3.50. The van der Waals surface area contributed by atoms with Crippen molar-refractivity contribution in [2.24, 2.45) is 5.92 Å². The van der Waals surface area contributed by atoms with E-state index in [4.69, 9.17) is 4.74 Å². The molecular formula is C20H25FN4O2. The summed E-state index contributed by atoms with van der Waals surface area (Å²) in [5.41, 5.74) is 2.03. The maximum absolute atomic E-state index is 13.7. The summed E-state index contributed by atoms with van der Waals surface area (Å²) < 4.78 is 19.3. The molecule has 4 rings (SSSR count). The minimum Gasteiger partial charge on any atom is -0.490 e. The number of halogens is 1. The Morgan fingerprint density at radius 3 is 3.00 bits per heavy atom. The molecule has 144 valence electrons. The smallest absolute Gasteiger partial charge is 0.317 e. The van der Waals surface area contributed by atoms with Gasteiger partial charge in [0.25, 0.3) is 0 Å². The van der Waals surface area contributed by atoms with Gasteiger partial charge < -0.3 is 15.0 Å². The number of likely N-dealkylation sites (tertiary alicyclic amines) is 1. The average Bonchev–Trinajstić information content (AvgIpc) is 3.44. The van der Waals surface area contributed by atoms with Crippen molar-refractivity contribution >= 4 is 6.03 Å². The van der Waals surface area contributed by atoms with E-state index in [1.54, 1.807) is 18.2 Å². The Labute approximate surface area is 158 Å². The molecule has 0 bridgehead atoms. The van der Waals surface area contributed by atoms with Crippen LogP contribution in [0, 0.1) is 11.7 Å². The summed E-state index contributed by atoms with van der Waals surface area (Å²) in [6.07, 6.45) is 4.32. The van der Waals surface area contributed by atoms with E-state index < -0.39 is 0 Å². The summed E-state index contributed by atoms with van der Waals surface area (Å²) in [7, 11) is 0. The number of urea groups is 1. The van der Waals surface area contributed by atoms with Crippen LogP contribution in [0.2, 0.25) is 0 Å². The summed E-state index contributed by atoms with van der Waals surface area (Å²) in [5, 5.41) is 10.3. The first kappa shape index (κ1) is 17.8. The van der Waals surface area contributed by atoms with Gasteiger partial charge in [0.1, 0.15) is 0 Å². The number of carbonyl (C=O) groups excluding carboxylic acids is 1. The number of hydrogen-bond donors (Lipinski definition) is 2. The van der Waals surface area contributed by atoms with Gasteiger partial charge >= 0.3 is 6.03 Å². The van der Waals surface area contributed by atoms with Gasteiger partial charge in [-0.05, 0) is 43.9 Å².